The summed E-state index contributed by atoms with van der Waals surface area (Å²) in [6.07, 6.45) is 6.79. The number of imide groups is 1. The van der Waals surface area contributed by atoms with Crippen molar-refractivity contribution < 1.29 is 28.8 Å². The number of halogens is 1. The molecule has 0 radical (unpaired) electrons. The fourth-order valence-corrected chi connectivity index (χ4v) is 7.67. The second kappa shape index (κ2) is 17.0. The van der Waals surface area contributed by atoms with Crippen LogP contribution in [0.25, 0.3) is 0 Å². The molecule has 3 aliphatic rings. The molecule has 1 saturated carbocycles. The number of fused-ring (bicyclic) bond motifs is 1. The summed E-state index contributed by atoms with van der Waals surface area (Å²) >= 11 is 5.88. The fraction of sp³-hybridized carbons (Fsp3) is 0.286. The smallest absolute Gasteiger partial charge is 0.323 e. The highest BCUT2D eigenvalue weighted by Crippen LogP contribution is 2.36. The number of rotatable bonds is 7. The van der Waals surface area contributed by atoms with Gasteiger partial charge in [0.05, 0.1) is 5.56 Å². The van der Waals surface area contributed by atoms with Gasteiger partial charge in [0, 0.05) is 82.9 Å². The highest BCUT2D eigenvalue weighted by Gasteiger charge is 2.41. The Bertz CT molecular complexity index is 2290. The van der Waals surface area contributed by atoms with E-state index in [1.165, 1.54) is 18.5 Å². The minimum atomic E-state index is -0.659. The van der Waals surface area contributed by atoms with Gasteiger partial charge in [-0.2, -0.15) is 0 Å². The Morgan fingerprint density at radius 3 is 2.23 bits per heavy atom. The number of carbonyl (C=O) groups excluding carboxylic acids is 6. The normalized spacial score (nSPS) is 20.7. The third kappa shape index (κ3) is 9.10. The lowest BCUT2D eigenvalue weighted by Gasteiger charge is -2.31. The maximum Gasteiger partial charge on any atom is 0.323 e. The Balaban J connectivity index is 0.927. The molecule has 1 saturated heterocycles. The molecule has 13 nitrogen and oxygen atoms in total. The lowest BCUT2D eigenvalue weighted by Crippen LogP contribution is -2.45. The summed E-state index contributed by atoms with van der Waals surface area (Å²) in [7, 11) is 0. The number of nitrogens with zero attached hydrogens (tertiary/aromatic N) is 2. The van der Waals surface area contributed by atoms with Crippen molar-refractivity contribution in [3.05, 3.63) is 112 Å². The fourth-order valence-electron chi connectivity index (χ4n) is 7.49. The van der Waals surface area contributed by atoms with Crippen molar-refractivity contribution >= 4 is 64.0 Å². The monoisotopic (exact) mass is 771 g/mol. The third-order valence-electron chi connectivity index (χ3n) is 10.3. The van der Waals surface area contributed by atoms with E-state index in [1.807, 2.05) is 6.07 Å². The number of piperidine rings is 1. The van der Waals surface area contributed by atoms with E-state index in [2.05, 4.69) is 48.4 Å². The van der Waals surface area contributed by atoms with Gasteiger partial charge >= 0.3 is 6.03 Å². The number of nitrogens with one attached hydrogen (secondary N) is 5. The zero-order chi connectivity index (χ0) is 39.2. The number of anilines is 3. The van der Waals surface area contributed by atoms with E-state index in [0.29, 0.717) is 64.3 Å². The summed E-state index contributed by atoms with van der Waals surface area (Å²) < 4.78 is 0. The van der Waals surface area contributed by atoms with Crippen molar-refractivity contribution in [1.82, 2.24) is 20.6 Å². The maximum atomic E-state index is 13.7. The predicted molar refractivity (Wildman–Crippen MR) is 209 cm³/mol. The number of hydrogen-bond donors (Lipinski definition) is 5. The molecule has 5 amide bonds. The van der Waals surface area contributed by atoms with E-state index in [4.69, 9.17) is 11.6 Å². The molecular weight excluding hydrogens is 734 g/mol. The first-order chi connectivity index (χ1) is 27.1. The van der Waals surface area contributed by atoms with Gasteiger partial charge in [0.15, 0.2) is 11.6 Å². The Morgan fingerprint density at radius 2 is 1.46 bits per heavy atom. The quantitative estimate of drug-likeness (QED) is 0.0635. The van der Waals surface area contributed by atoms with Crippen LogP contribution in [-0.4, -0.2) is 57.4 Å². The van der Waals surface area contributed by atoms with Crippen LogP contribution in [0.2, 0.25) is 5.15 Å². The molecule has 1 aliphatic heterocycles. The molecule has 2 fully saturated rings. The molecule has 0 spiro atoms. The molecule has 4 aromatic rings. The van der Waals surface area contributed by atoms with Crippen LogP contribution in [0.5, 0.6) is 0 Å². The standard InChI is InChI=1S/C42H38ClN7O6/c43-36-23-30(18-20-45-36)49-42(56)48-29-17-19-44-28(22-29)8-7-24-3-1-4-25(21-24)40(54)47-27-11-9-26(10-12-27)46-34-6-2-5-33-38(34)35(51)15-13-31(39(33)53)32-14-16-37(52)50-41(32)55/h1-6,17-23,26-27,31-32,46H,9-16H2,(H,47,54)(H,50,52,55)(H2,44,45,48,49,56)/t26-,27+,31?,32?. The Labute approximate surface area is 327 Å². The molecule has 2 aliphatic carbocycles. The minimum absolute atomic E-state index is 0.0301. The van der Waals surface area contributed by atoms with Crippen LogP contribution in [0, 0.1) is 23.7 Å². The van der Waals surface area contributed by atoms with E-state index in [9.17, 15) is 28.8 Å². The van der Waals surface area contributed by atoms with Gasteiger partial charge in [0.25, 0.3) is 5.91 Å². The summed E-state index contributed by atoms with van der Waals surface area (Å²) in [4.78, 5) is 85.3. The molecule has 5 N–H and O–H groups in total. The summed E-state index contributed by atoms with van der Waals surface area (Å²) in [5.41, 5.74) is 3.78. The summed E-state index contributed by atoms with van der Waals surface area (Å²) in [5, 5.41) is 14.7. The highest BCUT2D eigenvalue weighted by molar-refractivity contribution is 6.29. The van der Waals surface area contributed by atoms with Crippen LogP contribution < -0.4 is 26.6 Å². The first-order valence-corrected chi connectivity index (χ1v) is 18.9. The molecule has 2 aromatic carbocycles. The molecule has 7 rings (SSSR count). The molecule has 284 valence electrons. The van der Waals surface area contributed by atoms with Crippen molar-refractivity contribution in [1.29, 1.82) is 0 Å². The average Bonchev–Trinajstić information content (AvgIpc) is 3.30. The van der Waals surface area contributed by atoms with Crippen molar-refractivity contribution in [2.75, 3.05) is 16.0 Å². The summed E-state index contributed by atoms with van der Waals surface area (Å²) in [5.74, 6) is 3.36. The number of pyridine rings is 2. The van der Waals surface area contributed by atoms with Gasteiger partial charge in [0.2, 0.25) is 11.8 Å². The van der Waals surface area contributed by atoms with Gasteiger partial charge in [-0.25, -0.2) is 14.8 Å². The van der Waals surface area contributed by atoms with E-state index >= 15 is 0 Å². The molecule has 2 aromatic heterocycles. The van der Waals surface area contributed by atoms with Crippen LogP contribution in [0.15, 0.2) is 79.1 Å². The van der Waals surface area contributed by atoms with Crippen LogP contribution in [0.4, 0.5) is 21.9 Å². The number of hydrogen-bond acceptors (Lipinski definition) is 9. The first kappa shape index (κ1) is 37.9. The lowest BCUT2D eigenvalue weighted by atomic mass is 9.79. The topological polar surface area (TPSA) is 188 Å². The van der Waals surface area contributed by atoms with Crippen molar-refractivity contribution in [3.8, 4) is 11.8 Å². The second-order valence-corrected chi connectivity index (χ2v) is 14.5. The molecule has 56 heavy (non-hydrogen) atoms. The number of Topliss-reactive ketones (excluding diaryl/α,β-unsaturated/α-hetero) is 2. The van der Waals surface area contributed by atoms with Crippen LogP contribution >= 0.6 is 11.6 Å². The van der Waals surface area contributed by atoms with E-state index < -0.39 is 23.8 Å². The SMILES string of the molecule is O=C1CCC(C2CCC(=O)c3c(N[C@H]4CC[C@@H](NC(=O)c5cccc(C#Cc6cc(NC(=O)Nc7ccnc(Cl)c7)ccn6)c5)CC4)cccc3C2=O)C(=O)N1. The van der Waals surface area contributed by atoms with Crippen molar-refractivity contribution in [2.24, 2.45) is 11.8 Å². The van der Waals surface area contributed by atoms with E-state index in [0.717, 1.165) is 12.8 Å². The number of aromatic nitrogens is 2. The zero-order valence-electron chi connectivity index (χ0n) is 30.2. The van der Waals surface area contributed by atoms with Gasteiger partial charge in [-0.1, -0.05) is 35.7 Å². The molecule has 14 heteroatoms. The summed E-state index contributed by atoms with van der Waals surface area (Å²) in [6.45, 7) is 0. The van der Waals surface area contributed by atoms with Crippen molar-refractivity contribution in [2.45, 2.75) is 63.5 Å². The Morgan fingerprint density at radius 1 is 0.750 bits per heavy atom. The largest absolute Gasteiger partial charge is 0.382 e. The van der Waals surface area contributed by atoms with Gasteiger partial charge in [-0.3, -0.25) is 29.3 Å². The average molecular weight is 772 g/mol. The predicted octanol–water partition coefficient (Wildman–Crippen LogP) is 6.16. The van der Waals surface area contributed by atoms with Crippen molar-refractivity contribution in [3.63, 3.8) is 0 Å². The zero-order valence-corrected chi connectivity index (χ0v) is 30.9. The Kier molecular flexibility index (Phi) is 11.5. The number of benzene rings is 2. The summed E-state index contributed by atoms with van der Waals surface area (Å²) in [6, 6.07) is 18.2. The van der Waals surface area contributed by atoms with E-state index in [-0.39, 0.29) is 59.9 Å². The minimum Gasteiger partial charge on any atom is -0.382 e. The van der Waals surface area contributed by atoms with Gasteiger partial charge in [-0.05, 0) is 93.0 Å². The van der Waals surface area contributed by atoms with Gasteiger partial charge in [-0.15, -0.1) is 0 Å². The number of ketones is 2. The highest BCUT2D eigenvalue weighted by atomic mass is 35.5. The number of amides is 5. The maximum absolute atomic E-state index is 13.7. The molecule has 2 unspecified atom stereocenters. The van der Waals surface area contributed by atoms with Crippen LogP contribution in [-0.2, 0) is 9.59 Å². The van der Waals surface area contributed by atoms with Crippen LogP contribution in [0.1, 0.15) is 93.7 Å². The third-order valence-corrected chi connectivity index (χ3v) is 10.5. The molecule has 3 heterocycles. The molecule has 0 bridgehead atoms. The molecular formula is C42H38ClN7O6. The van der Waals surface area contributed by atoms with Gasteiger partial charge < -0.3 is 21.3 Å². The number of carbonyl (C=O) groups is 6. The lowest BCUT2D eigenvalue weighted by molar-refractivity contribution is -0.137. The molecule has 2 atom stereocenters. The first-order valence-electron chi connectivity index (χ1n) is 18.5. The van der Waals surface area contributed by atoms with E-state index in [1.54, 1.807) is 54.6 Å². The van der Waals surface area contributed by atoms with Gasteiger partial charge in [0.1, 0.15) is 10.8 Å². The second-order valence-electron chi connectivity index (χ2n) is 14.1. The van der Waals surface area contributed by atoms with Crippen LogP contribution in [0.3, 0.4) is 0 Å². The Hall–Kier alpha value is -6.39. The number of urea groups is 1.